The molecule has 0 saturated heterocycles. The predicted octanol–water partition coefficient (Wildman–Crippen LogP) is 1.85. The fraction of sp³-hybridized carbons (Fsp3) is 0.250. The molecule has 58 valence electrons. The lowest BCUT2D eigenvalue weighted by molar-refractivity contribution is 0.318. The van der Waals surface area contributed by atoms with E-state index in [0.717, 1.165) is 0 Å². The Labute approximate surface area is 62.1 Å². The Morgan fingerprint density at radius 1 is 0.900 bits per heavy atom. The topological polar surface area (TPSA) is 55.2 Å². The van der Waals surface area contributed by atoms with Crippen molar-refractivity contribution in [3.63, 3.8) is 0 Å². The van der Waals surface area contributed by atoms with Crippen LogP contribution in [0.1, 0.15) is 6.92 Å². The highest BCUT2D eigenvalue weighted by Crippen LogP contribution is 1.79. The summed E-state index contributed by atoms with van der Waals surface area (Å²) >= 11 is 0. The van der Waals surface area contributed by atoms with Crippen LogP contribution in [0.2, 0.25) is 0 Å². The van der Waals surface area contributed by atoms with E-state index >= 15 is 0 Å². The van der Waals surface area contributed by atoms with Crippen molar-refractivity contribution in [1.29, 1.82) is 0 Å². The molecule has 1 rings (SSSR count). The maximum absolute atomic E-state index is 7.57. The molecule has 0 saturated carbocycles. The zero-order valence-electron chi connectivity index (χ0n) is 6.33. The van der Waals surface area contributed by atoms with E-state index in [1.807, 2.05) is 36.4 Å². The van der Waals surface area contributed by atoms with Gasteiger partial charge in [-0.2, -0.15) is 0 Å². The monoisotopic (exact) mass is 141 g/mol. The Balaban J connectivity index is 0. The van der Waals surface area contributed by atoms with E-state index in [0.29, 0.717) is 0 Å². The minimum Gasteiger partial charge on any atom is -0.397 e. The summed E-state index contributed by atoms with van der Waals surface area (Å²) in [5, 5.41) is 7.57. The highest BCUT2D eigenvalue weighted by molar-refractivity contribution is 4.99. The van der Waals surface area contributed by atoms with Crippen LogP contribution in [0.4, 0.5) is 0 Å². The Morgan fingerprint density at radius 3 is 1.10 bits per heavy atom. The number of aliphatic hydroxyl groups excluding tert-OH is 1. The molecule has 1 aromatic carbocycles. The summed E-state index contributed by atoms with van der Waals surface area (Å²) in [6.07, 6.45) is 0. The van der Waals surface area contributed by atoms with Crippen LogP contribution in [0, 0.1) is 0 Å². The molecule has 10 heavy (non-hydrogen) atoms. The second-order valence-electron chi connectivity index (χ2n) is 1.47. The molecule has 2 heteroatoms. The van der Waals surface area contributed by atoms with Gasteiger partial charge in [0, 0.05) is 6.61 Å². The third kappa shape index (κ3) is 10.2. The molecule has 0 fully saturated rings. The number of hydrogen-bond donors (Lipinski definition) is 2. The van der Waals surface area contributed by atoms with Crippen LogP contribution < -0.4 is 6.15 Å². The van der Waals surface area contributed by atoms with E-state index in [2.05, 4.69) is 0 Å². The van der Waals surface area contributed by atoms with Gasteiger partial charge in [-0.3, -0.25) is 0 Å². The molecular formula is C8H15NO. The van der Waals surface area contributed by atoms with Gasteiger partial charge in [-0.05, 0) is 6.92 Å². The van der Waals surface area contributed by atoms with Crippen molar-refractivity contribution >= 4 is 0 Å². The van der Waals surface area contributed by atoms with Crippen LogP contribution in [-0.2, 0) is 0 Å². The van der Waals surface area contributed by atoms with E-state index in [1.165, 1.54) is 0 Å². The minimum absolute atomic E-state index is 0. The van der Waals surface area contributed by atoms with Gasteiger partial charge >= 0.3 is 0 Å². The van der Waals surface area contributed by atoms with Gasteiger partial charge in [-0.1, -0.05) is 36.4 Å². The zero-order chi connectivity index (χ0) is 6.95. The van der Waals surface area contributed by atoms with Crippen LogP contribution in [0.25, 0.3) is 0 Å². The Bertz CT molecular complexity index is 92.1. The van der Waals surface area contributed by atoms with Gasteiger partial charge in [0.25, 0.3) is 0 Å². The molecule has 0 unspecified atom stereocenters. The predicted molar refractivity (Wildman–Crippen MR) is 44.2 cm³/mol. The maximum Gasteiger partial charge on any atom is 0.0402 e. The van der Waals surface area contributed by atoms with E-state index in [-0.39, 0.29) is 12.8 Å². The molecule has 0 amide bonds. The zero-order valence-corrected chi connectivity index (χ0v) is 6.33. The summed E-state index contributed by atoms with van der Waals surface area (Å²) in [4.78, 5) is 0. The average Bonchev–Trinajstić information content (AvgIpc) is 1.93. The molecule has 0 radical (unpaired) electrons. The largest absolute Gasteiger partial charge is 0.397 e. The van der Waals surface area contributed by atoms with Gasteiger partial charge in [0.1, 0.15) is 0 Å². The number of hydrogen-bond acceptors (Lipinski definition) is 2. The summed E-state index contributed by atoms with van der Waals surface area (Å²) in [6, 6.07) is 12.0. The van der Waals surface area contributed by atoms with Crippen molar-refractivity contribution in [2.24, 2.45) is 0 Å². The van der Waals surface area contributed by atoms with Crippen LogP contribution in [-0.4, -0.2) is 11.7 Å². The molecule has 0 spiro atoms. The van der Waals surface area contributed by atoms with E-state index in [9.17, 15) is 0 Å². The fourth-order valence-corrected chi connectivity index (χ4v) is 0.385. The first kappa shape index (κ1) is 11.9. The quantitative estimate of drug-likeness (QED) is 0.579. The lowest BCUT2D eigenvalue weighted by atomic mass is 10.4. The lowest BCUT2D eigenvalue weighted by Crippen LogP contribution is -1.57. The number of rotatable bonds is 0. The molecule has 0 aliphatic heterocycles. The fourth-order valence-electron chi connectivity index (χ4n) is 0.385. The minimum atomic E-state index is 0. The van der Waals surface area contributed by atoms with Crippen molar-refractivity contribution in [3.05, 3.63) is 36.4 Å². The van der Waals surface area contributed by atoms with Crippen molar-refractivity contribution in [1.82, 2.24) is 6.15 Å². The summed E-state index contributed by atoms with van der Waals surface area (Å²) in [7, 11) is 0. The van der Waals surface area contributed by atoms with E-state index in [4.69, 9.17) is 5.11 Å². The first-order chi connectivity index (χ1) is 4.41. The second kappa shape index (κ2) is 11.0. The van der Waals surface area contributed by atoms with Gasteiger partial charge in [-0.25, -0.2) is 0 Å². The van der Waals surface area contributed by atoms with Gasteiger partial charge in [0.2, 0.25) is 0 Å². The third-order valence-corrected chi connectivity index (χ3v) is 0.667. The smallest absolute Gasteiger partial charge is 0.0402 e. The van der Waals surface area contributed by atoms with Crippen LogP contribution in [0.15, 0.2) is 36.4 Å². The molecule has 2 nitrogen and oxygen atoms in total. The summed E-state index contributed by atoms with van der Waals surface area (Å²) < 4.78 is 0. The highest BCUT2D eigenvalue weighted by Gasteiger charge is 1.57. The molecule has 0 aromatic heterocycles. The van der Waals surface area contributed by atoms with E-state index in [1.54, 1.807) is 6.92 Å². The number of aliphatic hydroxyl groups is 1. The summed E-state index contributed by atoms with van der Waals surface area (Å²) in [5.74, 6) is 0. The van der Waals surface area contributed by atoms with Crippen LogP contribution >= 0.6 is 0 Å². The van der Waals surface area contributed by atoms with E-state index < -0.39 is 0 Å². The number of benzene rings is 1. The van der Waals surface area contributed by atoms with Crippen molar-refractivity contribution in [2.45, 2.75) is 6.92 Å². The average molecular weight is 141 g/mol. The Morgan fingerprint density at radius 2 is 1.00 bits per heavy atom. The molecule has 4 N–H and O–H groups in total. The SMILES string of the molecule is CCO.N.c1ccccc1. The van der Waals surface area contributed by atoms with Gasteiger partial charge in [-0.15, -0.1) is 0 Å². The lowest BCUT2D eigenvalue weighted by Gasteiger charge is -1.69. The summed E-state index contributed by atoms with van der Waals surface area (Å²) in [5.41, 5.74) is 0. The van der Waals surface area contributed by atoms with Gasteiger partial charge in [0.05, 0.1) is 0 Å². The molecule has 0 bridgehead atoms. The van der Waals surface area contributed by atoms with Crippen LogP contribution in [0.3, 0.4) is 0 Å². The normalized spacial score (nSPS) is 6.60. The van der Waals surface area contributed by atoms with Gasteiger partial charge < -0.3 is 11.3 Å². The standard InChI is InChI=1S/C6H6.C2H6O.H3N/c1-2-4-6-5-3-1;1-2-3;/h1-6H;3H,2H2,1H3;1H3. The van der Waals surface area contributed by atoms with Crippen molar-refractivity contribution in [3.8, 4) is 0 Å². The molecule has 1 aromatic rings. The first-order valence-electron chi connectivity index (χ1n) is 3.02. The molecule has 0 aliphatic rings. The molecule has 0 heterocycles. The first-order valence-corrected chi connectivity index (χ1v) is 3.02. The Hall–Kier alpha value is -0.860. The summed E-state index contributed by atoms with van der Waals surface area (Å²) in [6.45, 7) is 1.93. The Kier molecular flexibility index (Phi) is 13.1. The third-order valence-electron chi connectivity index (χ3n) is 0.667. The van der Waals surface area contributed by atoms with Gasteiger partial charge in [0.15, 0.2) is 0 Å². The van der Waals surface area contributed by atoms with Crippen molar-refractivity contribution in [2.75, 3.05) is 6.61 Å². The van der Waals surface area contributed by atoms with Crippen molar-refractivity contribution < 1.29 is 5.11 Å². The molecule has 0 aliphatic carbocycles. The van der Waals surface area contributed by atoms with Crippen LogP contribution in [0.5, 0.6) is 0 Å². The second-order valence-corrected chi connectivity index (χ2v) is 1.47. The molecular weight excluding hydrogens is 126 g/mol. The maximum atomic E-state index is 7.57. The highest BCUT2D eigenvalue weighted by atomic mass is 16.2. The molecule has 0 atom stereocenters.